The summed E-state index contributed by atoms with van der Waals surface area (Å²) in [5.41, 5.74) is 5.66. The van der Waals surface area contributed by atoms with E-state index < -0.39 is 0 Å². The Hall–Kier alpha value is -0.650. The summed E-state index contributed by atoms with van der Waals surface area (Å²) in [6, 6.07) is 0. The predicted octanol–water partition coefficient (Wildman–Crippen LogP) is 0.960. The molecule has 0 aromatic carbocycles. The van der Waals surface area contributed by atoms with Gasteiger partial charge >= 0.3 is 0 Å². The number of hydrogen-bond acceptors (Lipinski definition) is 4. The summed E-state index contributed by atoms with van der Waals surface area (Å²) in [7, 11) is 0. The van der Waals surface area contributed by atoms with Gasteiger partial charge in [-0.2, -0.15) is 0 Å². The highest BCUT2D eigenvalue weighted by molar-refractivity contribution is 5.77. The van der Waals surface area contributed by atoms with Crippen LogP contribution < -0.4 is 11.1 Å². The number of carbonyl (C=O) groups excluding carboxylic acids is 1. The maximum absolute atomic E-state index is 11.9. The van der Waals surface area contributed by atoms with Crippen molar-refractivity contribution < 1.29 is 14.3 Å². The van der Waals surface area contributed by atoms with Gasteiger partial charge in [0.15, 0.2) is 0 Å². The number of carbonyl (C=O) groups is 1. The van der Waals surface area contributed by atoms with Crippen LogP contribution in [0.1, 0.15) is 44.9 Å². The molecule has 1 aliphatic carbocycles. The summed E-state index contributed by atoms with van der Waals surface area (Å²) in [6.07, 6.45) is 6.91. The molecule has 0 aromatic heterocycles. The van der Waals surface area contributed by atoms with Crippen LogP contribution in [0.25, 0.3) is 0 Å². The van der Waals surface area contributed by atoms with Crippen molar-refractivity contribution in [2.45, 2.75) is 56.6 Å². The number of nitrogens with one attached hydrogen (secondary N) is 1. The summed E-state index contributed by atoms with van der Waals surface area (Å²) in [4.78, 5) is 11.9. The Morgan fingerprint density at radius 2 is 2.00 bits per heavy atom. The molecule has 0 unspecified atom stereocenters. The van der Waals surface area contributed by atoms with Crippen LogP contribution in [0, 0.1) is 0 Å². The molecule has 0 bridgehead atoms. The van der Waals surface area contributed by atoms with Crippen molar-refractivity contribution in [3.8, 4) is 0 Å². The Balaban J connectivity index is 1.63. The minimum absolute atomic E-state index is 0.0689. The van der Waals surface area contributed by atoms with E-state index >= 15 is 0 Å². The summed E-state index contributed by atoms with van der Waals surface area (Å²) < 4.78 is 11.0. The van der Waals surface area contributed by atoms with Gasteiger partial charge in [0.2, 0.25) is 5.91 Å². The monoisotopic (exact) mass is 270 g/mol. The quantitative estimate of drug-likeness (QED) is 0.754. The number of amides is 1. The number of nitrogens with two attached hydrogens (primary N) is 1. The first kappa shape index (κ1) is 14.8. The topological polar surface area (TPSA) is 73.6 Å². The van der Waals surface area contributed by atoms with E-state index in [1.165, 1.54) is 0 Å². The lowest BCUT2D eigenvalue weighted by Crippen LogP contribution is -2.51. The lowest BCUT2D eigenvalue weighted by molar-refractivity contribution is -0.125. The number of ether oxygens (including phenoxy) is 2. The molecule has 1 aliphatic heterocycles. The van der Waals surface area contributed by atoms with E-state index in [1.807, 2.05) is 0 Å². The first-order valence-corrected chi connectivity index (χ1v) is 7.44. The maximum atomic E-state index is 11.9. The van der Waals surface area contributed by atoms with Gasteiger partial charge in [-0.25, -0.2) is 0 Å². The van der Waals surface area contributed by atoms with Crippen LogP contribution in [0.2, 0.25) is 0 Å². The van der Waals surface area contributed by atoms with Crippen molar-refractivity contribution in [1.29, 1.82) is 0 Å². The summed E-state index contributed by atoms with van der Waals surface area (Å²) in [5, 5.41) is 3.11. The van der Waals surface area contributed by atoms with Gasteiger partial charge in [0.25, 0.3) is 0 Å². The molecule has 19 heavy (non-hydrogen) atoms. The molecule has 2 fully saturated rings. The lowest BCUT2D eigenvalue weighted by Gasteiger charge is -2.29. The minimum Gasteiger partial charge on any atom is -0.381 e. The molecule has 3 N–H and O–H groups in total. The summed E-state index contributed by atoms with van der Waals surface area (Å²) in [5.74, 6) is 0.0689. The Bertz CT molecular complexity index is 284. The molecular formula is C14H26N2O3. The zero-order valence-corrected chi connectivity index (χ0v) is 11.7. The number of hydrogen-bond donors (Lipinski definition) is 2. The second-order valence-electron chi connectivity index (χ2n) is 5.67. The zero-order valence-electron chi connectivity index (χ0n) is 11.7. The Labute approximate surface area is 115 Å². The van der Waals surface area contributed by atoms with E-state index in [0.29, 0.717) is 19.6 Å². The standard InChI is InChI=1S/C14H26N2O3/c15-11-14(6-1-2-7-14)16-13(17)5-10-19-12-3-8-18-9-4-12/h12H,1-11,15H2,(H,16,17). The first-order chi connectivity index (χ1) is 9.24. The van der Waals surface area contributed by atoms with Crippen molar-refractivity contribution >= 4 is 5.91 Å². The normalized spacial score (nSPS) is 23.4. The molecule has 2 rings (SSSR count). The van der Waals surface area contributed by atoms with E-state index in [2.05, 4.69) is 5.32 Å². The second-order valence-corrected chi connectivity index (χ2v) is 5.67. The molecular weight excluding hydrogens is 244 g/mol. The van der Waals surface area contributed by atoms with Gasteiger partial charge in [0.05, 0.1) is 18.2 Å². The van der Waals surface area contributed by atoms with Crippen LogP contribution in [-0.2, 0) is 14.3 Å². The van der Waals surface area contributed by atoms with Gasteiger partial charge in [-0.1, -0.05) is 12.8 Å². The minimum atomic E-state index is -0.143. The van der Waals surface area contributed by atoms with Crippen LogP contribution in [0.4, 0.5) is 0 Å². The fraction of sp³-hybridized carbons (Fsp3) is 0.929. The maximum Gasteiger partial charge on any atom is 0.222 e. The van der Waals surface area contributed by atoms with Crippen molar-refractivity contribution in [3.05, 3.63) is 0 Å². The molecule has 1 saturated heterocycles. The van der Waals surface area contributed by atoms with E-state index in [0.717, 1.165) is 51.7 Å². The van der Waals surface area contributed by atoms with Crippen LogP contribution in [0.15, 0.2) is 0 Å². The van der Waals surface area contributed by atoms with E-state index in [4.69, 9.17) is 15.2 Å². The molecule has 0 atom stereocenters. The highest BCUT2D eigenvalue weighted by Gasteiger charge is 2.33. The van der Waals surface area contributed by atoms with Crippen LogP contribution in [0.5, 0.6) is 0 Å². The highest BCUT2D eigenvalue weighted by atomic mass is 16.5. The Morgan fingerprint density at radius 1 is 1.32 bits per heavy atom. The third kappa shape index (κ3) is 4.44. The van der Waals surface area contributed by atoms with E-state index in [-0.39, 0.29) is 17.6 Å². The molecule has 0 radical (unpaired) electrons. The zero-order chi connectivity index (χ0) is 13.6. The molecule has 1 heterocycles. The van der Waals surface area contributed by atoms with Crippen molar-refractivity contribution in [2.24, 2.45) is 5.73 Å². The number of rotatable bonds is 6. The summed E-state index contributed by atoms with van der Waals surface area (Å²) >= 11 is 0. The fourth-order valence-corrected chi connectivity index (χ4v) is 2.95. The van der Waals surface area contributed by atoms with E-state index in [1.54, 1.807) is 0 Å². The van der Waals surface area contributed by atoms with Crippen molar-refractivity contribution in [2.75, 3.05) is 26.4 Å². The highest BCUT2D eigenvalue weighted by Crippen LogP contribution is 2.28. The molecule has 0 spiro atoms. The Kier molecular flexibility index (Phi) is 5.60. The lowest BCUT2D eigenvalue weighted by atomic mass is 9.97. The van der Waals surface area contributed by atoms with Gasteiger partial charge in [-0.3, -0.25) is 4.79 Å². The first-order valence-electron chi connectivity index (χ1n) is 7.44. The Morgan fingerprint density at radius 3 is 2.63 bits per heavy atom. The van der Waals surface area contributed by atoms with Crippen molar-refractivity contribution in [3.63, 3.8) is 0 Å². The smallest absolute Gasteiger partial charge is 0.222 e. The largest absolute Gasteiger partial charge is 0.381 e. The average molecular weight is 270 g/mol. The van der Waals surface area contributed by atoms with Gasteiger partial charge < -0.3 is 20.5 Å². The predicted molar refractivity (Wildman–Crippen MR) is 72.8 cm³/mol. The van der Waals surface area contributed by atoms with Crippen LogP contribution >= 0.6 is 0 Å². The van der Waals surface area contributed by atoms with Gasteiger partial charge in [0, 0.05) is 26.2 Å². The molecule has 2 aliphatic rings. The van der Waals surface area contributed by atoms with Gasteiger partial charge in [0.1, 0.15) is 0 Å². The van der Waals surface area contributed by atoms with Gasteiger partial charge in [-0.15, -0.1) is 0 Å². The molecule has 5 nitrogen and oxygen atoms in total. The third-order valence-electron chi connectivity index (χ3n) is 4.21. The average Bonchev–Trinajstić information content (AvgIpc) is 2.89. The fourth-order valence-electron chi connectivity index (χ4n) is 2.95. The second kappa shape index (κ2) is 7.22. The molecule has 0 aromatic rings. The van der Waals surface area contributed by atoms with Crippen LogP contribution in [-0.4, -0.2) is 43.9 Å². The SMILES string of the molecule is NCC1(NC(=O)CCOC2CCOCC2)CCCC1. The van der Waals surface area contributed by atoms with E-state index in [9.17, 15) is 4.79 Å². The molecule has 110 valence electrons. The van der Waals surface area contributed by atoms with Crippen molar-refractivity contribution in [1.82, 2.24) is 5.32 Å². The van der Waals surface area contributed by atoms with Crippen LogP contribution in [0.3, 0.4) is 0 Å². The molecule has 1 amide bonds. The third-order valence-corrected chi connectivity index (χ3v) is 4.21. The molecule has 5 heteroatoms. The van der Waals surface area contributed by atoms with Gasteiger partial charge in [-0.05, 0) is 25.7 Å². The summed E-state index contributed by atoms with van der Waals surface area (Å²) in [6.45, 7) is 2.58. The molecule has 1 saturated carbocycles.